The van der Waals surface area contributed by atoms with Crippen LogP contribution in [0.3, 0.4) is 0 Å². The average molecular weight is 175 g/mol. The zero-order chi connectivity index (χ0) is 9.42. The van der Waals surface area contributed by atoms with Crippen LogP contribution in [0, 0.1) is 6.92 Å². The Kier molecular flexibility index (Phi) is 1.79. The van der Waals surface area contributed by atoms with Crippen molar-refractivity contribution in [2.45, 2.75) is 26.7 Å². The number of nitrogens with zero attached hydrogens (tertiary/aromatic N) is 3. The second-order valence-corrected chi connectivity index (χ2v) is 3.58. The van der Waals surface area contributed by atoms with Crippen LogP contribution < -0.4 is 0 Å². The molecule has 0 aliphatic heterocycles. The maximum absolute atomic E-state index is 4.38. The lowest BCUT2D eigenvalue weighted by atomic mass is 10.1. The fourth-order valence-corrected chi connectivity index (χ4v) is 1.48. The topological polar surface area (TPSA) is 30.2 Å². The number of hydrogen-bond donors (Lipinski definition) is 0. The molecule has 3 nitrogen and oxygen atoms in total. The molecule has 13 heavy (non-hydrogen) atoms. The van der Waals surface area contributed by atoms with E-state index in [1.54, 1.807) is 6.20 Å². The zero-order valence-electron chi connectivity index (χ0n) is 8.15. The monoisotopic (exact) mass is 175 g/mol. The average Bonchev–Trinajstić information content (AvgIpc) is 2.49. The molecule has 0 saturated carbocycles. The molecule has 2 heterocycles. The van der Waals surface area contributed by atoms with Gasteiger partial charge in [-0.05, 0) is 18.9 Å². The smallest absolute Gasteiger partial charge is 0.155 e. The van der Waals surface area contributed by atoms with Gasteiger partial charge in [0.05, 0.1) is 6.20 Å². The molecule has 2 rings (SSSR count). The first-order valence-electron chi connectivity index (χ1n) is 4.50. The third-order valence-electron chi connectivity index (χ3n) is 2.11. The number of hydrogen-bond acceptors (Lipinski definition) is 2. The minimum absolute atomic E-state index is 0.476. The standard InChI is InChI=1S/C10H13N3/c1-7(2)9-6-8(3)12-10-4-5-11-13(9)10/h4-7H,1-3H3. The highest BCUT2D eigenvalue weighted by atomic mass is 15.2. The van der Waals surface area contributed by atoms with Gasteiger partial charge < -0.3 is 0 Å². The summed E-state index contributed by atoms with van der Waals surface area (Å²) < 4.78 is 1.90. The van der Waals surface area contributed by atoms with Crippen molar-refractivity contribution in [1.82, 2.24) is 14.6 Å². The van der Waals surface area contributed by atoms with Gasteiger partial charge in [-0.1, -0.05) is 13.8 Å². The predicted molar refractivity (Wildman–Crippen MR) is 51.8 cm³/mol. The van der Waals surface area contributed by atoms with E-state index in [2.05, 4.69) is 30.0 Å². The predicted octanol–water partition coefficient (Wildman–Crippen LogP) is 2.16. The van der Waals surface area contributed by atoms with Crippen LogP contribution in [0.2, 0.25) is 0 Å². The second kappa shape index (κ2) is 2.83. The third-order valence-corrected chi connectivity index (χ3v) is 2.11. The van der Waals surface area contributed by atoms with E-state index in [0.29, 0.717) is 5.92 Å². The first-order chi connectivity index (χ1) is 6.18. The van der Waals surface area contributed by atoms with Gasteiger partial charge in [0.15, 0.2) is 5.65 Å². The molecule has 68 valence electrons. The Balaban J connectivity index is 2.77. The molecule has 0 saturated heterocycles. The van der Waals surface area contributed by atoms with Gasteiger partial charge in [0.25, 0.3) is 0 Å². The molecule has 0 atom stereocenters. The quantitative estimate of drug-likeness (QED) is 0.664. The molecule has 0 amide bonds. The van der Waals surface area contributed by atoms with Gasteiger partial charge in [-0.2, -0.15) is 5.10 Å². The lowest BCUT2D eigenvalue weighted by Crippen LogP contribution is -2.03. The molecule has 0 bridgehead atoms. The summed E-state index contributed by atoms with van der Waals surface area (Å²) in [6.07, 6.45) is 1.79. The number of aryl methyl sites for hydroxylation is 1. The summed E-state index contributed by atoms with van der Waals surface area (Å²) >= 11 is 0. The van der Waals surface area contributed by atoms with E-state index in [0.717, 1.165) is 11.3 Å². The third kappa shape index (κ3) is 1.30. The minimum atomic E-state index is 0.476. The number of aromatic nitrogens is 3. The van der Waals surface area contributed by atoms with Crippen LogP contribution in [0.25, 0.3) is 5.65 Å². The summed E-state index contributed by atoms with van der Waals surface area (Å²) in [5.74, 6) is 0.476. The Morgan fingerprint density at radius 2 is 2.15 bits per heavy atom. The normalized spacial score (nSPS) is 11.4. The van der Waals surface area contributed by atoms with Crippen LogP contribution in [-0.2, 0) is 0 Å². The van der Waals surface area contributed by atoms with Crippen LogP contribution in [0.4, 0.5) is 0 Å². The van der Waals surface area contributed by atoms with E-state index in [1.165, 1.54) is 5.69 Å². The molecule has 0 aromatic carbocycles. The maximum atomic E-state index is 4.38. The van der Waals surface area contributed by atoms with Crippen LogP contribution in [0.1, 0.15) is 31.2 Å². The van der Waals surface area contributed by atoms with Crippen molar-refractivity contribution in [2.75, 3.05) is 0 Å². The Morgan fingerprint density at radius 1 is 1.38 bits per heavy atom. The molecule has 0 spiro atoms. The molecule has 3 heteroatoms. The fraction of sp³-hybridized carbons (Fsp3) is 0.400. The summed E-state index contributed by atoms with van der Waals surface area (Å²) in [6, 6.07) is 4.02. The van der Waals surface area contributed by atoms with E-state index in [-0.39, 0.29) is 0 Å². The molecule has 0 fully saturated rings. The lowest BCUT2D eigenvalue weighted by molar-refractivity contribution is 0.745. The largest absolute Gasteiger partial charge is 0.234 e. The van der Waals surface area contributed by atoms with E-state index < -0.39 is 0 Å². The molecule has 0 radical (unpaired) electrons. The molecule has 2 aromatic rings. The van der Waals surface area contributed by atoms with Gasteiger partial charge in [0.2, 0.25) is 0 Å². The van der Waals surface area contributed by atoms with Crippen molar-refractivity contribution in [3.63, 3.8) is 0 Å². The van der Waals surface area contributed by atoms with Crippen molar-refractivity contribution >= 4 is 5.65 Å². The van der Waals surface area contributed by atoms with Crippen molar-refractivity contribution < 1.29 is 0 Å². The minimum Gasteiger partial charge on any atom is -0.234 e. The van der Waals surface area contributed by atoms with Crippen LogP contribution in [0.5, 0.6) is 0 Å². The van der Waals surface area contributed by atoms with Gasteiger partial charge in [-0.25, -0.2) is 9.50 Å². The van der Waals surface area contributed by atoms with E-state index in [1.807, 2.05) is 17.5 Å². The molecule has 0 aliphatic carbocycles. The molecule has 0 aliphatic rings. The van der Waals surface area contributed by atoms with Gasteiger partial charge >= 0.3 is 0 Å². The molecular weight excluding hydrogens is 162 g/mol. The summed E-state index contributed by atoms with van der Waals surface area (Å²) in [5, 5.41) is 4.24. The summed E-state index contributed by atoms with van der Waals surface area (Å²) in [6.45, 7) is 6.34. The highest BCUT2D eigenvalue weighted by Crippen LogP contribution is 2.15. The highest BCUT2D eigenvalue weighted by Gasteiger charge is 2.06. The second-order valence-electron chi connectivity index (χ2n) is 3.58. The molecule has 0 N–H and O–H groups in total. The van der Waals surface area contributed by atoms with E-state index >= 15 is 0 Å². The SMILES string of the molecule is Cc1cc(C(C)C)n2nccc2n1. The molecular formula is C10H13N3. The Labute approximate surface area is 77.4 Å². The zero-order valence-corrected chi connectivity index (χ0v) is 8.15. The van der Waals surface area contributed by atoms with Gasteiger partial charge in [0.1, 0.15) is 0 Å². The first kappa shape index (κ1) is 8.23. The van der Waals surface area contributed by atoms with Crippen LogP contribution >= 0.6 is 0 Å². The molecule has 2 aromatic heterocycles. The fourth-order valence-electron chi connectivity index (χ4n) is 1.48. The first-order valence-corrected chi connectivity index (χ1v) is 4.50. The number of fused-ring (bicyclic) bond motifs is 1. The van der Waals surface area contributed by atoms with Gasteiger partial charge in [0, 0.05) is 17.5 Å². The van der Waals surface area contributed by atoms with Gasteiger partial charge in [-0.15, -0.1) is 0 Å². The van der Waals surface area contributed by atoms with Gasteiger partial charge in [-0.3, -0.25) is 0 Å². The Bertz CT molecular complexity index is 429. The summed E-state index contributed by atoms with van der Waals surface area (Å²) in [4.78, 5) is 4.38. The Hall–Kier alpha value is -1.38. The summed E-state index contributed by atoms with van der Waals surface area (Å²) in [5.41, 5.74) is 3.20. The van der Waals surface area contributed by atoms with Crippen molar-refractivity contribution in [3.8, 4) is 0 Å². The van der Waals surface area contributed by atoms with Crippen LogP contribution in [-0.4, -0.2) is 14.6 Å². The Morgan fingerprint density at radius 3 is 2.85 bits per heavy atom. The van der Waals surface area contributed by atoms with Crippen LogP contribution in [0.15, 0.2) is 18.3 Å². The lowest BCUT2D eigenvalue weighted by Gasteiger charge is -2.08. The molecule has 0 unspecified atom stereocenters. The maximum Gasteiger partial charge on any atom is 0.155 e. The number of rotatable bonds is 1. The van der Waals surface area contributed by atoms with E-state index in [4.69, 9.17) is 0 Å². The van der Waals surface area contributed by atoms with Crippen molar-refractivity contribution in [2.24, 2.45) is 0 Å². The highest BCUT2D eigenvalue weighted by molar-refractivity contribution is 5.39. The summed E-state index contributed by atoms with van der Waals surface area (Å²) in [7, 11) is 0. The van der Waals surface area contributed by atoms with Crippen molar-refractivity contribution in [3.05, 3.63) is 29.7 Å². The van der Waals surface area contributed by atoms with E-state index in [9.17, 15) is 0 Å². The van der Waals surface area contributed by atoms with Crippen molar-refractivity contribution in [1.29, 1.82) is 0 Å².